The molecule has 0 atom stereocenters. The first-order valence-corrected chi connectivity index (χ1v) is 5.16. The van der Waals surface area contributed by atoms with E-state index in [0.29, 0.717) is 0 Å². The molecule has 86 valence electrons. The summed E-state index contributed by atoms with van der Waals surface area (Å²) in [6, 6.07) is 14.3. The van der Waals surface area contributed by atoms with E-state index in [1.54, 1.807) is 12.1 Å². The Labute approximate surface area is 99.2 Å². The number of benzene rings is 2. The molecule has 0 radical (unpaired) electrons. The van der Waals surface area contributed by atoms with E-state index in [9.17, 15) is 5.11 Å². The molecular formula is C14H12O3. The first-order valence-electron chi connectivity index (χ1n) is 5.16. The van der Waals surface area contributed by atoms with E-state index in [1.165, 1.54) is 6.07 Å². The summed E-state index contributed by atoms with van der Waals surface area (Å²) in [7, 11) is 0. The van der Waals surface area contributed by atoms with E-state index < -0.39 is 0 Å². The quantitative estimate of drug-likeness (QED) is 0.481. The number of hydrogen-bond donors (Lipinski definition) is 2. The predicted molar refractivity (Wildman–Crippen MR) is 66.7 cm³/mol. The Morgan fingerprint density at radius 2 is 1.59 bits per heavy atom. The Kier molecular flexibility index (Phi) is 3.43. The van der Waals surface area contributed by atoms with E-state index in [0.717, 1.165) is 11.1 Å². The second-order valence-corrected chi connectivity index (χ2v) is 3.60. The van der Waals surface area contributed by atoms with Gasteiger partial charge in [0.1, 0.15) is 5.75 Å². The van der Waals surface area contributed by atoms with Gasteiger partial charge in [-0.05, 0) is 23.3 Å². The minimum absolute atomic E-state index is 0.0456. The van der Waals surface area contributed by atoms with Crippen LogP contribution in [-0.4, -0.2) is 10.4 Å². The smallest absolute Gasteiger partial charge is 0.169 e. The lowest BCUT2D eigenvalue weighted by Gasteiger charge is -2.00. The SMILES string of the molecule is OOc1cc(O)cc(/C=C/c2ccccc2)c1. The number of phenols is 1. The molecule has 0 heterocycles. The van der Waals surface area contributed by atoms with Crippen LogP contribution in [-0.2, 0) is 0 Å². The summed E-state index contributed by atoms with van der Waals surface area (Å²) in [5.41, 5.74) is 1.81. The van der Waals surface area contributed by atoms with Crippen molar-refractivity contribution in [3.05, 3.63) is 59.7 Å². The van der Waals surface area contributed by atoms with Gasteiger partial charge in [0.2, 0.25) is 0 Å². The highest BCUT2D eigenvalue weighted by Crippen LogP contribution is 2.22. The molecule has 2 rings (SSSR count). The normalized spacial score (nSPS) is 10.6. The minimum Gasteiger partial charge on any atom is -0.508 e. The van der Waals surface area contributed by atoms with Gasteiger partial charge in [-0.2, -0.15) is 0 Å². The standard InChI is InChI=1S/C14H12O3/c15-13-8-12(9-14(10-13)17-16)7-6-11-4-2-1-3-5-11/h1-10,15-16H/b7-6+. The summed E-state index contributed by atoms with van der Waals surface area (Å²) in [5.74, 6) is 0.252. The van der Waals surface area contributed by atoms with Gasteiger partial charge in [0.05, 0.1) is 0 Å². The third kappa shape index (κ3) is 3.09. The fourth-order valence-electron chi connectivity index (χ4n) is 1.51. The second-order valence-electron chi connectivity index (χ2n) is 3.60. The first kappa shape index (κ1) is 11.2. The lowest BCUT2D eigenvalue weighted by Crippen LogP contribution is -1.84. The fourth-order valence-corrected chi connectivity index (χ4v) is 1.51. The van der Waals surface area contributed by atoms with Crippen LogP contribution in [0.15, 0.2) is 48.5 Å². The largest absolute Gasteiger partial charge is 0.508 e. The van der Waals surface area contributed by atoms with Gasteiger partial charge < -0.3 is 9.99 Å². The maximum Gasteiger partial charge on any atom is 0.169 e. The minimum atomic E-state index is 0.0456. The molecule has 0 aliphatic rings. The van der Waals surface area contributed by atoms with Gasteiger partial charge in [0, 0.05) is 6.07 Å². The van der Waals surface area contributed by atoms with Crippen molar-refractivity contribution in [2.75, 3.05) is 0 Å². The van der Waals surface area contributed by atoms with Crippen molar-refractivity contribution in [3.8, 4) is 11.5 Å². The summed E-state index contributed by atoms with van der Waals surface area (Å²) in [6.45, 7) is 0. The zero-order valence-corrected chi connectivity index (χ0v) is 9.08. The Balaban J connectivity index is 2.24. The summed E-state index contributed by atoms with van der Waals surface area (Å²) in [4.78, 5) is 4.09. The van der Waals surface area contributed by atoms with Crippen LogP contribution in [0, 0.1) is 0 Å². The van der Waals surface area contributed by atoms with Crippen molar-refractivity contribution in [2.24, 2.45) is 0 Å². The van der Waals surface area contributed by atoms with Gasteiger partial charge in [-0.25, -0.2) is 5.26 Å². The molecule has 3 heteroatoms. The highest BCUT2D eigenvalue weighted by atomic mass is 17.1. The van der Waals surface area contributed by atoms with E-state index >= 15 is 0 Å². The third-order valence-corrected chi connectivity index (χ3v) is 2.29. The van der Waals surface area contributed by atoms with Gasteiger partial charge in [-0.3, -0.25) is 0 Å². The van der Waals surface area contributed by atoms with E-state index in [1.807, 2.05) is 42.5 Å². The number of rotatable bonds is 3. The number of phenolic OH excluding ortho intramolecular Hbond substituents is 1. The molecule has 3 nitrogen and oxygen atoms in total. The number of hydrogen-bond acceptors (Lipinski definition) is 3. The van der Waals surface area contributed by atoms with Crippen molar-refractivity contribution in [3.63, 3.8) is 0 Å². The van der Waals surface area contributed by atoms with Crippen molar-refractivity contribution in [2.45, 2.75) is 0 Å². The van der Waals surface area contributed by atoms with Crippen LogP contribution in [0.5, 0.6) is 11.5 Å². The van der Waals surface area contributed by atoms with Crippen LogP contribution in [0.4, 0.5) is 0 Å². The molecule has 0 aliphatic heterocycles. The molecule has 17 heavy (non-hydrogen) atoms. The molecule has 2 aromatic carbocycles. The van der Waals surface area contributed by atoms with Crippen LogP contribution in [0.1, 0.15) is 11.1 Å². The van der Waals surface area contributed by atoms with Crippen molar-refractivity contribution >= 4 is 12.2 Å². The summed E-state index contributed by atoms with van der Waals surface area (Å²) < 4.78 is 0. The van der Waals surface area contributed by atoms with Gasteiger partial charge in [0.25, 0.3) is 0 Å². The van der Waals surface area contributed by atoms with Crippen molar-refractivity contribution in [1.82, 2.24) is 0 Å². The lowest BCUT2D eigenvalue weighted by atomic mass is 10.1. The number of aromatic hydroxyl groups is 1. The van der Waals surface area contributed by atoms with E-state index in [-0.39, 0.29) is 11.5 Å². The van der Waals surface area contributed by atoms with Crippen LogP contribution >= 0.6 is 0 Å². The zero-order chi connectivity index (χ0) is 12.1. The topological polar surface area (TPSA) is 49.7 Å². The Hall–Kier alpha value is -2.26. The molecular weight excluding hydrogens is 216 g/mol. The molecule has 0 spiro atoms. The molecule has 0 fully saturated rings. The highest BCUT2D eigenvalue weighted by Gasteiger charge is 1.98. The molecule has 0 saturated carbocycles. The van der Waals surface area contributed by atoms with Gasteiger partial charge in [-0.1, -0.05) is 42.5 Å². The molecule has 0 unspecified atom stereocenters. The molecule has 2 N–H and O–H groups in total. The Bertz CT molecular complexity index is 518. The lowest BCUT2D eigenvalue weighted by molar-refractivity contribution is -0.137. The summed E-state index contributed by atoms with van der Waals surface area (Å²) >= 11 is 0. The van der Waals surface area contributed by atoms with E-state index in [2.05, 4.69) is 4.89 Å². The predicted octanol–water partition coefficient (Wildman–Crippen LogP) is 3.41. The second kappa shape index (κ2) is 5.18. The molecule has 2 aromatic rings. The van der Waals surface area contributed by atoms with Gasteiger partial charge >= 0.3 is 0 Å². The van der Waals surface area contributed by atoms with E-state index in [4.69, 9.17) is 5.26 Å². The van der Waals surface area contributed by atoms with Gasteiger partial charge in [0.15, 0.2) is 5.75 Å². The summed E-state index contributed by atoms with van der Waals surface area (Å²) in [6.07, 6.45) is 3.74. The highest BCUT2D eigenvalue weighted by molar-refractivity contribution is 5.70. The summed E-state index contributed by atoms with van der Waals surface area (Å²) in [5, 5.41) is 17.9. The first-order chi connectivity index (χ1) is 8.28. The van der Waals surface area contributed by atoms with Crippen LogP contribution in [0.3, 0.4) is 0 Å². The Morgan fingerprint density at radius 3 is 2.29 bits per heavy atom. The van der Waals surface area contributed by atoms with Crippen LogP contribution in [0.25, 0.3) is 12.2 Å². The average molecular weight is 228 g/mol. The zero-order valence-electron chi connectivity index (χ0n) is 9.08. The average Bonchev–Trinajstić information content (AvgIpc) is 2.37. The molecule has 0 saturated heterocycles. The maximum absolute atomic E-state index is 9.40. The maximum atomic E-state index is 9.40. The molecule has 0 aliphatic carbocycles. The monoisotopic (exact) mass is 228 g/mol. The van der Waals surface area contributed by atoms with Crippen molar-refractivity contribution in [1.29, 1.82) is 0 Å². The van der Waals surface area contributed by atoms with Crippen molar-refractivity contribution < 1.29 is 15.3 Å². The molecule has 0 amide bonds. The Morgan fingerprint density at radius 1 is 0.882 bits per heavy atom. The van der Waals surface area contributed by atoms with Crippen LogP contribution < -0.4 is 4.89 Å². The van der Waals surface area contributed by atoms with Crippen LogP contribution in [0.2, 0.25) is 0 Å². The third-order valence-electron chi connectivity index (χ3n) is 2.29. The molecule has 0 bridgehead atoms. The molecule has 0 aromatic heterocycles. The fraction of sp³-hybridized carbons (Fsp3) is 0. The van der Waals surface area contributed by atoms with Gasteiger partial charge in [-0.15, -0.1) is 0 Å².